The SMILES string of the molecule is CCOC(=O)N(C)c1ccc(Cn2c(C)nc3c(C)cc(OCc4ccccc4C(=O)OC)cc32)c(Cl)c1. The van der Waals surface area contributed by atoms with Crippen molar-refractivity contribution < 1.29 is 23.8 Å². The van der Waals surface area contributed by atoms with Crippen LogP contribution in [0.25, 0.3) is 11.0 Å². The minimum absolute atomic E-state index is 0.213. The van der Waals surface area contributed by atoms with E-state index in [9.17, 15) is 9.59 Å². The van der Waals surface area contributed by atoms with E-state index in [2.05, 4.69) is 4.57 Å². The summed E-state index contributed by atoms with van der Waals surface area (Å²) in [5.74, 6) is 1.09. The van der Waals surface area contributed by atoms with E-state index in [0.29, 0.717) is 35.2 Å². The second-order valence-corrected chi connectivity index (χ2v) is 9.23. The molecule has 8 nitrogen and oxygen atoms in total. The Morgan fingerprint density at radius 3 is 2.53 bits per heavy atom. The first-order valence-electron chi connectivity index (χ1n) is 12.2. The number of carbonyl (C=O) groups excluding carboxylic acids is 2. The number of anilines is 1. The Hall–Kier alpha value is -4.04. The topological polar surface area (TPSA) is 82.9 Å². The van der Waals surface area contributed by atoms with Gasteiger partial charge in [0.25, 0.3) is 0 Å². The lowest BCUT2D eigenvalue weighted by Crippen LogP contribution is -2.27. The van der Waals surface area contributed by atoms with Crippen molar-refractivity contribution in [2.24, 2.45) is 0 Å². The van der Waals surface area contributed by atoms with Crippen molar-refractivity contribution in [3.05, 3.63) is 87.7 Å². The third-order valence-corrected chi connectivity index (χ3v) is 6.67. The average Bonchev–Trinajstić information content (AvgIpc) is 3.23. The lowest BCUT2D eigenvalue weighted by molar-refractivity contribution is 0.0597. The minimum atomic E-state index is -0.440. The molecule has 0 unspecified atom stereocenters. The van der Waals surface area contributed by atoms with Gasteiger partial charge in [-0.3, -0.25) is 4.90 Å². The molecule has 0 fully saturated rings. The van der Waals surface area contributed by atoms with Gasteiger partial charge < -0.3 is 18.8 Å². The molecule has 9 heteroatoms. The van der Waals surface area contributed by atoms with Crippen LogP contribution >= 0.6 is 11.6 Å². The number of aromatic nitrogens is 2. The minimum Gasteiger partial charge on any atom is -0.489 e. The quantitative estimate of drug-likeness (QED) is 0.246. The molecular formula is C29H30ClN3O5. The second kappa shape index (κ2) is 11.6. The van der Waals surface area contributed by atoms with Crippen molar-refractivity contribution in [1.82, 2.24) is 9.55 Å². The zero-order chi connectivity index (χ0) is 27.4. The molecule has 1 aromatic heterocycles. The first kappa shape index (κ1) is 27.0. The molecule has 0 spiro atoms. The van der Waals surface area contributed by atoms with Crippen molar-refractivity contribution in [3.63, 3.8) is 0 Å². The Kier molecular flexibility index (Phi) is 8.22. The highest BCUT2D eigenvalue weighted by Gasteiger charge is 2.17. The molecule has 0 aliphatic heterocycles. The summed E-state index contributed by atoms with van der Waals surface area (Å²) in [6, 6.07) is 16.6. The van der Waals surface area contributed by atoms with E-state index in [1.165, 1.54) is 12.0 Å². The number of methoxy groups -OCH3 is 1. The number of hydrogen-bond donors (Lipinski definition) is 0. The summed E-state index contributed by atoms with van der Waals surface area (Å²) >= 11 is 6.63. The van der Waals surface area contributed by atoms with Gasteiger partial charge in [0.05, 0.1) is 36.9 Å². The van der Waals surface area contributed by atoms with Crippen LogP contribution in [0.2, 0.25) is 5.02 Å². The van der Waals surface area contributed by atoms with E-state index < -0.39 is 12.1 Å². The number of rotatable bonds is 8. The van der Waals surface area contributed by atoms with Crippen LogP contribution < -0.4 is 9.64 Å². The van der Waals surface area contributed by atoms with Crippen LogP contribution in [0.4, 0.5) is 10.5 Å². The number of nitrogens with zero attached hydrogens (tertiary/aromatic N) is 3. The Bertz CT molecular complexity index is 1500. The molecule has 38 heavy (non-hydrogen) atoms. The molecular weight excluding hydrogens is 506 g/mol. The molecule has 0 aliphatic rings. The van der Waals surface area contributed by atoms with Crippen LogP contribution in [0, 0.1) is 13.8 Å². The maximum atomic E-state index is 12.1. The maximum absolute atomic E-state index is 12.1. The van der Waals surface area contributed by atoms with Gasteiger partial charge >= 0.3 is 12.1 Å². The number of carbonyl (C=O) groups is 2. The van der Waals surface area contributed by atoms with Crippen molar-refractivity contribution in [3.8, 4) is 5.75 Å². The van der Waals surface area contributed by atoms with Crippen molar-refractivity contribution in [1.29, 1.82) is 0 Å². The second-order valence-electron chi connectivity index (χ2n) is 8.82. The molecule has 0 aliphatic carbocycles. The summed E-state index contributed by atoms with van der Waals surface area (Å²) in [5, 5.41) is 0.531. The molecule has 0 bridgehead atoms. The van der Waals surface area contributed by atoms with Gasteiger partial charge in [0.2, 0.25) is 0 Å². The number of fused-ring (bicyclic) bond motifs is 1. The Labute approximate surface area is 226 Å². The molecule has 0 saturated heterocycles. The van der Waals surface area contributed by atoms with Crippen LogP contribution in [-0.2, 0) is 22.6 Å². The molecule has 0 atom stereocenters. The van der Waals surface area contributed by atoms with Crippen molar-refractivity contribution in [2.45, 2.75) is 33.9 Å². The Morgan fingerprint density at radius 2 is 1.82 bits per heavy atom. The smallest absolute Gasteiger partial charge is 0.413 e. The zero-order valence-electron chi connectivity index (χ0n) is 22.1. The summed E-state index contributed by atoms with van der Waals surface area (Å²) < 4.78 is 18.2. The fourth-order valence-electron chi connectivity index (χ4n) is 4.24. The first-order valence-corrected chi connectivity index (χ1v) is 12.6. The first-order chi connectivity index (χ1) is 18.2. The van der Waals surface area contributed by atoms with Gasteiger partial charge in [0, 0.05) is 29.4 Å². The summed E-state index contributed by atoms with van der Waals surface area (Å²) in [4.78, 5) is 30.4. The third kappa shape index (κ3) is 5.60. The molecule has 4 rings (SSSR count). The monoisotopic (exact) mass is 535 g/mol. The summed E-state index contributed by atoms with van der Waals surface area (Å²) in [6.07, 6.45) is -0.440. The van der Waals surface area contributed by atoms with Crippen LogP contribution in [0.5, 0.6) is 5.75 Å². The highest BCUT2D eigenvalue weighted by atomic mass is 35.5. The van der Waals surface area contributed by atoms with Crippen molar-refractivity contribution >= 4 is 40.4 Å². The predicted octanol–water partition coefficient (Wildman–Crippen LogP) is 6.31. The summed E-state index contributed by atoms with van der Waals surface area (Å²) in [7, 11) is 3.00. The number of amides is 1. The maximum Gasteiger partial charge on any atom is 0.413 e. The average molecular weight is 536 g/mol. The van der Waals surface area contributed by atoms with E-state index >= 15 is 0 Å². The number of esters is 1. The number of imidazole rings is 1. The molecule has 1 heterocycles. The van der Waals surface area contributed by atoms with Gasteiger partial charge in [0.15, 0.2) is 0 Å². The van der Waals surface area contributed by atoms with E-state index in [1.54, 1.807) is 32.2 Å². The number of benzene rings is 3. The lowest BCUT2D eigenvalue weighted by atomic mass is 10.1. The highest BCUT2D eigenvalue weighted by molar-refractivity contribution is 6.31. The number of halogens is 1. The lowest BCUT2D eigenvalue weighted by Gasteiger charge is -2.18. The third-order valence-electron chi connectivity index (χ3n) is 6.32. The zero-order valence-corrected chi connectivity index (χ0v) is 22.8. The molecule has 4 aromatic rings. The van der Waals surface area contributed by atoms with Gasteiger partial charge in [-0.05, 0) is 56.2 Å². The van der Waals surface area contributed by atoms with Crippen LogP contribution in [0.1, 0.15) is 39.8 Å². The normalized spacial score (nSPS) is 10.9. The van der Waals surface area contributed by atoms with Crippen LogP contribution in [0.15, 0.2) is 54.6 Å². The summed E-state index contributed by atoms with van der Waals surface area (Å²) in [6.45, 7) is 6.69. The van der Waals surface area contributed by atoms with E-state index in [1.807, 2.05) is 50.2 Å². The van der Waals surface area contributed by atoms with E-state index in [0.717, 1.165) is 33.5 Å². The molecule has 198 valence electrons. The molecule has 0 N–H and O–H groups in total. The van der Waals surface area contributed by atoms with E-state index in [-0.39, 0.29) is 6.61 Å². The van der Waals surface area contributed by atoms with Gasteiger partial charge in [-0.1, -0.05) is 35.9 Å². The number of ether oxygens (including phenoxy) is 3. The van der Waals surface area contributed by atoms with Gasteiger partial charge in [0.1, 0.15) is 18.2 Å². The molecule has 3 aromatic carbocycles. The number of aryl methyl sites for hydroxylation is 2. The van der Waals surface area contributed by atoms with Gasteiger partial charge in [-0.25, -0.2) is 14.6 Å². The predicted molar refractivity (Wildman–Crippen MR) is 147 cm³/mol. The summed E-state index contributed by atoms with van der Waals surface area (Å²) in [5.41, 5.74) is 5.48. The Morgan fingerprint density at radius 1 is 1.05 bits per heavy atom. The molecule has 1 amide bonds. The fourth-order valence-corrected chi connectivity index (χ4v) is 4.48. The molecule has 0 saturated carbocycles. The van der Waals surface area contributed by atoms with Gasteiger partial charge in [-0.2, -0.15) is 0 Å². The standard InChI is InChI=1S/C29H30ClN3O5/c1-6-37-29(35)32(4)22-12-11-20(25(30)14-22)16-33-19(3)31-27-18(2)13-23(15-26(27)33)38-17-21-9-7-8-10-24(21)28(34)36-5/h7-15H,6,16-17H2,1-5H3. The highest BCUT2D eigenvalue weighted by Crippen LogP contribution is 2.30. The molecule has 0 radical (unpaired) electrons. The van der Waals surface area contributed by atoms with Gasteiger partial charge in [-0.15, -0.1) is 0 Å². The largest absolute Gasteiger partial charge is 0.489 e. The van der Waals surface area contributed by atoms with E-state index in [4.69, 9.17) is 30.8 Å². The van der Waals surface area contributed by atoms with Crippen LogP contribution in [0.3, 0.4) is 0 Å². The Balaban J connectivity index is 1.61. The van der Waals surface area contributed by atoms with Crippen LogP contribution in [-0.4, -0.2) is 42.4 Å². The number of hydrogen-bond acceptors (Lipinski definition) is 6. The van der Waals surface area contributed by atoms with Crippen molar-refractivity contribution in [2.75, 3.05) is 25.7 Å². The fraction of sp³-hybridized carbons (Fsp3) is 0.276.